The van der Waals surface area contributed by atoms with Crippen molar-refractivity contribution < 1.29 is 13.2 Å². The van der Waals surface area contributed by atoms with Gasteiger partial charge in [-0.15, -0.1) is 0 Å². The number of sulfonamides is 1. The van der Waals surface area contributed by atoms with Gasteiger partial charge in [-0.05, 0) is 32.4 Å². The van der Waals surface area contributed by atoms with Crippen molar-refractivity contribution in [3.05, 3.63) is 18.0 Å². The maximum Gasteiger partial charge on any atom is 0.242 e. The fourth-order valence-electron chi connectivity index (χ4n) is 2.20. The first-order valence-corrected chi connectivity index (χ1v) is 7.86. The first-order valence-electron chi connectivity index (χ1n) is 6.38. The van der Waals surface area contributed by atoms with Crippen LogP contribution >= 0.6 is 0 Å². The Morgan fingerprint density at radius 3 is 2.74 bits per heavy atom. The fourth-order valence-corrected chi connectivity index (χ4v) is 3.33. The lowest BCUT2D eigenvalue weighted by Crippen LogP contribution is -2.49. The molecule has 108 valence electrons. The van der Waals surface area contributed by atoms with Gasteiger partial charge in [0.2, 0.25) is 10.0 Å². The summed E-state index contributed by atoms with van der Waals surface area (Å²) in [6.45, 7) is 0.940. The average molecular weight is 287 g/mol. The van der Waals surface area contributed by atoms with E-state index in [4.69, 9.17) is 4.74 Å². The van der Waals surface area contributed by atoms with Gasteiger partial charge in [-0.1, -0.05) is 0 Å². The molecule has 1 heterocycles. The Hall–Kier alpha value is -0.890. The van der Waals surface area contributed by atoms with Crippen LogP contribution in [0.15, 0.2) is 17.2 Å². The summed E-state index contributed by atoms with van der Waals surface area (Å²) in [5, 5.41) is 2.97. The largest absolute Gasteiger partial charge is 0.377 e. The van der Waals surface area contributed by atoms with Gasteiger partial charge in [0, 0.05) is 32.1 Å². The predicted octanol–water partition coefficient (Wildman–Crippen LogP) is 0.582. The molecule has 0 aromatic carbocycles. The Bertz CT molecular complexity index is 515. The van der Waals surface area contributed by atoms with Crippen LogP contribution in [0.3, 0.4) is 0 Å². The number of nitrogens with one attached hydrogen (secondary N) is 3. The number of hydrogen-bond donors (Lipinski definition) is 3. The van der Waals surface area contributed by atoms with Crippen LogP contribution in [0.1, 0.15) is 25.0 Å². The quantitative estimate of drug-likeness (QED) is 0.685. The van der Waals surface area contributed by atoms with E-state index in [-0.39, 0.29) is 10.5 Å². The highest BCUT2D eigenvalue weighted by Crippen LogP contribution is 2.34. The van der Waals surface area contributed by atoms with E-state index in [0.717, 1.165) is 25.0 Å². The van der Waals surface area contributed by atoms with Crippen LogP contribution < -0.4 is 10.0 Å². The average Bonchev–Trinajstić information content (AvgIpc) is 2.78. The first-order chi connectivity index (χ1) is 9.01. The molecule has 3 N–H and O–H groups in total. The molecule has 1 aliphatic rings. The van der Waals surface area contributed by atoms with Crippen LogP contribution in [0.4, 0.5) is 0 Å². The van der Waals surface area contributed by atoms with E-state index in [1.165, 1.54) is 6.20 Å². The van der Waals surface area contributed by atoms with Gasteiger partial charge in [0.1, 0.15) is 0 Å². The monoisotopic (exact) mass is 287 g/mol. The molecule has 2 rings (SSSR count). The highest BCUT2D eigenvalue weighted by atomic mass is 32.2. The van der Waals surface area contributed by atoms with Gasteiger partial charge in [-0.25, -0.2) is 13.1 Å². The van der Waals surface area contributed by atoms with E-state index in [1.807, 2.05) is 7.05 Å². The topological polar surface area (TPSA) is 83.2 Å². The van der Waals surface area contributed by atoms with Crippen molar-refractivity contribution in [2.24, 2.45) is 0 Å². The SMILES string of the molecule is CNCc1cc(S(=O)(=O)NCC2(OC)CCC2)c[nH]1. The van der Waals surface area contributed by atoms with Crippen molar-refractivity contribution in [2.45, 2.75) is 36.3 Å². The number of rotatable bonds is 7. The third-order valence-electron chi connectivity index (χ3n) is 3.68. The number of ether oxygens (including phenoxy) is 1. The molecule has 0 aliphatic heterocycles. The Balaban J connectivity index is 2.01. The molecule has 1 aromatic heterocycles. The number of H-pyrrole nitrogens is 1. The summed E-state index contributed by atoms with van der Waals surface area (Å²) in [6.07, 6.45) is 4.41. The molecule has 1 fully saturated rings. The Labute approximate surface area is 114 Å². The predicted molar refractivity (Wildman–Crippen MR) is 72.3 cm³/mol. The summed E-state index contributed by atoms with van der Waals surface area (Å²) in [4.78, 5) is 3.21. The van der Waals surface area contributed by atoms with Crippen LogP contribution in [0.2, 0.25) is 0 Å². The van der Waals surface area contributed by atoms with Gasteiger partial charge in [0.15, 0.2) is 0 Å². The van der Waals surface area contributed by atoms with Gasteiger partial charge in [-0.2, -0.15) is 0 Å². The zero-order chi connectivity index (χ0) is 13.9. The zero-order valence-electron chi connectivity index (χ0n) is 11.3. The summed E-state index contributed by atoms with van der Waals surface area (Å²) in [7, 11) is -0.0209. The molecule has 1 aliphatic carbocycles. The summed E-state index contributed by atoms with van der Waals surface area (Å²) >= 11 is 0. The van der Waals surface area contributed by atoms with Crippen molar-refractivity contribution in [1.82, 2.24) is 15.0 Å². The first kappa shape index (κ1) is 14.5. The molecular formula is C12H21N3O3S. The van der Waals surface area contributed by atoms with Gasteiger partial charge < -0.3 is 15.0 Å². The summed E-state index contributed by atoms with van der Waals surface area (Å²) < 4.78 is 32.3. The normalized spacial score (nSPS) is 18.2. The summed E-state index contributed by atoms with van der Waals surface area (Å²) in [5.41, 5.74) is 0.532. The second-order valence-electron chi connectivity index (χ2n) is 4.96. The third kappa shape index (κ3) is 3.17. The van der Waals surface area contributed by atoms with E-state index < -0.39 is 10.0 Å². The van der Waals surface area contributed by atoms with Crippen molar-refractivity contribution in [1.29, 1.82) is 0 Å². The molecular weight excluding hydrogens is 266 g/mol. The molecule has 1 aromatic rings. The Morgan fingerprint density at radius 2 is 2.21 bits per heavy atom. The summed E-state index contributed by atoms with van der Waals surface area (Å²) in [6, 6.07) is 1.64. The zero-order valence-corrected chi connectivity index (χ0v) is 12.1. The van der Waals surface area contributed by atoms with Crippen LogP contribution in [0.25, 0.3) is 0 Å². The van der Waals surface area contributed by atoms with Gasteiger partial charge in [0.05, 0.1) is 10.5 Å². The van der Waals surface area contributed by atoms with E-state index >= 15 is 0 Å². The van der Waals surface area contributed by atoms with Crippen molar-refractivity contribution in [3.8, 4) is 0 Å². The lowest BCUT2D eigenvalue weighted by Gasteiger charge is -2.40. The maximum absolute atomic E-state index is 12.1. The number of hydrogen-bond acceptors (Lipinski definition) is 4. The standard InChI is InChI=1S/C12H21N3O3S/c1-13-7-10-6-11(8-14-10)19(16,17)15-9-12(18-2)4-3-5-12/h6,8,13-15H,3-5,7,9H2,1-2H3. The smallest absolute Gasteiger partial charge is 0.242 e. The maximum atomic E-state index is 12.1. The van der Waals surface area contributed by atoms with Crippen molar-refractivity contribution in [2.75, 3.05) is 20.7 Å². The van der Waals surface area contributed by atoms with E-state index in [9.17, 15) is 8.42 Å². The van der Waals surface area contributed by atoms with Gasteiger partial charge in [0.25, 0.3) is 0 Å². The molecule has 0 bridgehead atoms. The number of aromatic nitrogens is 1. The van der Waals surface area contributed by atoms with E-state index in [2.05, 4.69) is 15.0 Å². The van der Waals surface area contributed by atoms with Crippen molar-refractivity contribution >= 4 is 10.0 Å². The van der Waals surface area contributed by atoms with Crippen LogP contribution in [-0.2, 0) is 21.3 Å². The lowest BCUT2D eigenvalue weighted by atomic mass is 9.80. The molecule has 0 atom stereocenters. The van der Waals surface area contributed by atoms with Crippen molar-refractivity contribution in [3.63, 3.8) is 0 Å². The minimum Gasteiger partial charge on any atom is -0.377 e. The van der Waals surface area contributed by atoms with E-state index in [1.54, 1.807) is 13.2 Å². The minimum absolute atomic E-state index is 0.267. The molecule has 0 amide bonds. The Morgan fingerprint density at radius 1 is 1.47 bits per heavy atom. The second kappa shape index (κ2) is 5.62. The number of methoxy groups -OCH3 is 1. The third-order valence-corrected chi connectivity index (χ3v) is 5.06. The molecule has 1 saturated carbocycles. The molecule has 0 unspecified atom stereocenters. The molecule has 0 radical (unpaired) electrons. The fraction of sp³-hybridized carbons (Fsp3) is 0.667. The van der Waals surface area contributed by atoms with Gasteiger partial charge >= 0.3 is 0 Å². The molecule has 19 heavy (non-hydrogen) atoms. The Kier molecular flexibility index (Phi) is 4.29. The second-order valence-corrected chi connectivity index (χ2v) is 6.72. The highest BCUT2D eigenvalue weighted by Gasteiger charge is 2.38. The highest BCUT2D eigenvalue weighted by molar-refractivity contribution is 7.89. The molecule has 7 heteroatoms. The minimum atomic E-state index is -3.47. The summed E-state index contributed by atoms with van der Waals surface area (Å²) in [5.74, 6) is 0. The van der Waals surface area contributed by atoms with Crippen LogP contribution in [0.5, 0.6) is 0 Å². The molecule has 0 saturated heterocycles. The van der Waals surface area contributed by atoms with Gasteiger partial charge in [-0.3, -0.25) is 0 Å². The number of aromatic amines is 1. The van der Waals surface area contributed by atoms with Crippen LogP contribution in [0, 0.1) is 0 Å². The molecule has 6 nitrogen and oxygen atoms in total. The van der Waals surface area contributed by atoms with Crippen LogP contribution in [-0.4, -0.2) is 39.7 Å². The lowest BCUT2D eigenvalue weighted by molar-refractivity contribution is -0.0659. The van der Waals surface area contributed by atoms with E-state index in [0.29, 0.717) is 13.1 Å². The molecule has 0 spiro atoms.